The molecule has 5 nitrogen and oxygen atoms in total. The van der Waals surface area contributed by atoms with E-state index in [0.29, 0.717) is 18.6 Å². The first kappa shape index (κ1) is 25.6. The first-order chi connectivity index (χ1) is 14.5. The Bertz CT molecular complexity index is 814. The zero-order valence-electron chi connectivity index (χ0n) is 18.9. The Balaban J connectivity index is 0.00000341. The Morgan fingerprint density at radius 2 is 1.97 bits per heavy atom. The van der Waals surface area contributed by atoms with Crippen LogP contribution in [0.1, 0.15) is 49.5 Å². The van der Waals surface area contributed by atoms with Gasteiger partial charge in [0.05, 0.1) is 12.6 Å². The number of halogens is 1. The van der Waals surface area contributed by atoms with Crippen molar-refractivity contribution in [1.82, 2.24) is 15.5 Å². The Hall–Kier alpha value is -1.64. The first-order valence-corrected chi connectivity index (χ1v) is 11.1. The summed E-state index contributed by atoms with van der Waals surface area (Å²) in [5.74, 6) is 0.790. The fourth-order valence-corrected chi connectivity index (χ4v) is 4.08. The lowest BCUT2D eigenvalue weighted by Crippen LogP contribution is -2.51. The molecule has 1 saturated heterocycles. The third-order valence-corrected chi connectivity index (χ3v) is 5.78. The summed E-state index contributed by atoms with van der Waals surface area (Å²) in [6.45, 7) is 9.64. The molecule has 0 aliphatic carbocycles. The van der Waals surface area contributed by atoms with E-state index in [4.69, 9.17) is 0 Å². The number of guanidine groups is 1. The second-order valence-corrected chi connectivity index (χ2v) is 8.32. The monoisotopic (exact) mass is 536 g/mol. The van der Waals surface area contributed by atoms with Crippen molar-refractivity contribution in [2.75, 3.05) is 19.6 Å². The van der Waals surface area contributed by atoms with Gasteiger partial charge in [0.25, 0.3) is 0 Å². The summed E-state index contributed by atoms with van der Waals surface area (Å²) in [4.78, 5) is 7.21. The highest BCUT2D eigenvalue weighted by molar-refractivity contribution is 14.0. The first-order valence-electron chi connectivity index (χ1n) is 11.1. The van der Waals surface area contributed by atoms with Crippen LogP contribution in [0.2, 0.25) is 0 Å². The van der Waals surface area contributed by atoms with Crippen LogP contribution in [0.25, 0.3) is 0 Å². The maximum Gasteiger partial charge on any atom is 0.191 e. The number of piperidine rings is 1. The number of aryl methyl sites for hydroxylation is 1. The van der Waals surface area contributed by atoms with E-state index < -0.39 is 6.10 Å². The minimum absolute atomic E-state index is 0. The predicted octanol–water partition coefficient (Wildman–Crippen LogP) is 4.25. The summed E-state index contributed by atoms with van der Waals surface area (Å²) in [6, 6.07) is 19.6. The van der Waals surface area contributed by atoms with Gasteiger partial charge in [-0.15, -0.1) is 24.0 Å². The summed E-state index contributed by atoms with van der Waals surface area (Å²) in [6.07, 6.45) is 1.58. The Morgan fingerprint density at radius 3 is 2.65 bits per heavy atom. The highest BCUT2D eigenvalue weighted by atomic mass is 127. The molecule has 3 N–H and O–H groups in total. The number of rotatable bonds is 7. The molecule has 1 aliphatic heterocycles. The second kappa shape index (κ2) is 13.0. The van der Waals surface area contributed by atoms with Crippen molar-refractivity contribution in [3.8, 4) is 0 Å². The molecule has 170 valence electrons. The van der Waals surface area contributed by atoms with Crippen LogP contribution in [0, 0.1) is 6.92 Å². The SMILES string of the molecule is CCNC(=NCC(O)c1cccc(C)c1)NC1CCN(Cc2ccccc2)C(C)C1.I. The molecule has 0 amide bonds. The third-order valence-electron chi connectivity index (χ3n) is 5.78. The van der Waals surface area contributed by atoms with Crippen LogP contribution in [0.3, 0.4) is 0 Å². The van der Waals surface area contributed by atoms with Crippen molar-refractivity contribution in [3.05, 3.63) is 71.3 Å². The minimum atomic E-state index is -0.591. The van der Waals surface area contributed by atoms with Gasteiger partial charge in [-0.3, -0.25) is 9.89 Å². The maximum absolute atomic E-state index is 10.5. The van der Waals surface area contributed by atoms with Gasteiger partial charge in [-0.05, 0) is 44.7 Å². The molecule has 1 fully saturated rings. The average molecular weight is 537 g/mol. The predicted molar refractivity (Wildman–Crippen MR) is 140 cm³/mol. The third kappa shape index (κ3) is 8.09. The number of nitrogens with one attached hydrogen (secondary N) is 2. The van der Waals surface area contributed by atoms with Gasteiger partial charge < -0.3 is 15.7 Å². The number of aliphatic hydroxyl groups is 1. The van der Waals surface area contributed by atoms with E-state index in [2.05, 4.69) is 64.7 Å². The van der Waals surface area contributed by atoms with Crippen LogP contribution in [-0.4, -0.2) is 47.7 Å². The highest BCUT2D eigenvalue weighted by Gasteiger charge is 2.26. The largest absolute Gasteiger partial charge is 0.386 e. The van der Waals surface area contributed by atoms with E-state index in [9.17, 15) is 5.11 Å². The van der Waals surface area contributed by atoms with Crippen LogP contribution in [0.5, 0.6) is 0 Å². The van der Waals surface area contributed by atoms with Gasteiger partial charge in [-0.1, -0.05) is 60.2 Å². The summed E-state index contributed by atoms with van der Waals surface area (Å²) in [5.41, 5.74) is 3.44. The topological polar surface area (TPSA) is 59.9 Å². The summed E-state index contributed by atoms with van der Waals surface area (Å²) in [7, 11) is 0. The van der Waals surface area contributed by atoms with E-state index in [0.717, 1.165) is 49.6 Å². The number of hydrogen-bond acceptors (Lipinski definition) is 3. The van der Waals surface area contributed by atoms with Gasteiger partial charge in [0, 0.05) is 31.7 Å². The van der Waals surface area contributed by atoms with Crippen molar-refractivity contribution < 1.29 is 5.11 Å². The molecule has 3 unspecified atom stereocenters. The lowest BCUT2D eigenvalue weighted by atomic mass is 9.97. The van der Waals surface area contributed by atoms with Crippen LogP contribution in [0.4, 0.5) is 0 Å². The molecule has 1 aliphatic rings. The van der Waals surface area contributed by atoms with Gasteiger partial charge >= 0.3 is 0 Å². The number of benzene rings is 2. The van der Waals surface area contributed by atoms with E-state index >= 15 is 0 Å². The van der Waals surface area contributed by atoms with E-state index in [1.165, 1.54) is 5.56 Å². The van der Waals surface area contributed by atoms with Crippen molar-refractivity contribution in [3.63, 3.8) is 0 Å². The molecule has 2 aromatic carbocycles. The molecule has 6 heteroatoms. The van der Waals surface area contributed by atoms with Gasteiger partial charge in [-0.2, -0.15) is 0 Å². The molecular formula is C25H37IN4O. The smallest absolute Gasteiger partial charge is 0.191 e. The van der Waals surface area contributed by atoms with Crippen LogP contribution in [0.15, 0.2) is 59.6 Å². The Labute approximate surface area is 204 Å². The van der Waals surface area contributed by atoms with Gasteiger partial charge in [0.1, 0.15) is 0 Å². The molecule has 0 saturated carbocycles. The maximum atomic E-state index is 10.5. The lowest BCUT2D eigenvalue weighted by molar-refractivity contribution is 0.134. The Morgan fingerprint density at radius 1 is 1.19 bits per heavy atom. The normalized spacial score (nSPS) is 20.6. The van der Waals surface area contributed by atoms with Crippen LogP contribution in [-0.2, 0) is 6.54 Å². The zero-order chi connectivity index (χ0) is 21.3. The standard InChI is InChI=1S/C25H36N4O.HI/c1-4-26-25(27-17-24(30)22-12-8-9-19(2)15-22)28-23-13-14-29(20(3)16-23)18-21-10-6-5-7-11-21;/h5-12,15,20,23-24,30H,4,13-14,16-18H2,1-3H3,(H2,26,27,28);1H. The number of nitrogens with zero attached hydrogens (tertiary/aromatic N) is 2. The minimum Gasteiger partial charge on any atom is -0.386 e. The van der Waals surface area contributed by atoms with Crippen molar-refractivity contribution in [1.29, 1.82) is 0 Å². The number of aliphatic hydroxyl groups excluding tert-OH is 1. The van der Waals surface area contributed by atoms with Gasteiger partial charge in [0.15, 0.2) is 5.96 Å². The van der Waals surface area contributed by atoms with Crippen molar-refractivity contribution >= 4 is 29.9 Å². The number of likely N-dealkylation sites (tertiary alicyclic amines) is 1. The molecule has 0 spiro atoms. The van der Waals surface area contributed by atoms with Crippen molar-refractivity contribution in [2.45, 2.75) is 58.3 Å². The average Bonchev–Trinajstić information content (AvgIpc) is 2.74. The Kier molecular flexibility index (Phi) is 10.8. The molecule has 0 aromatic heterocycles. The summed E-state index contributed by atoms with van der Waals surface area (Å²) in [5, 5.41) is 17.4. The fourth-order valence-electron chi connectivity index (χ4n) is 4.08. The van der Waals surface area contributed by atoms with E-state index in [1.54, 1.807) is 0 Å². The molecule has 31 heavy (non-hydrogen) atoms. The molecule has 3 atom stereocenters. The van der Waals surface area contributed by atoms with E-state index in [1.807, 2.05) is 31.2 Å². The molecule has 0 radical (unpaired) electrons. The second-order valence-electron chi connectivity index (χ2n) is 8.32. The van der Waals surface area contributed by atoms with Crippen LogP contribution < -0.4 is 10.6 Å². The molecule has 2 aromatic rings. The molecule has 3 rings (SSSR count). The summed E-state index contributed by atoms with van der Waals surface area (Å²) >= 11 is 0. The molecule has 0 bridgehead atoms. The van der Waals surface area contributed by atoms with Gasteiger partial charge in [-0.25, -0.2) is 0 Å². The number of hydrogen-bond donors (Lipinski definition) is 3. The number of aliphatic imine (C=N–C) groups is 1. The molecule has 1 heterocycles. The zero-order valence-corrected chi connectivity index (χ0v) is 21.3. The lowest BCUT2D eigenvalue weighted by Gasteiger charge is -2.38. The van der Waals surface area contributed by atoms with Crippen molar-refractivity contribution in [2.24, 2.45) is 4.99 Å². The highest BCUT2D eigenvalue weighted by Crippen LogP contribution is 2.20. The quantitative estimate of drug-likeness (QED) is 0.281. The van der Waals surface area contributed by atoms with Crippen LogP contribution >= 0.6 is 24.0 Å². The summed E-state index contributed by atoms with van der Waals surface area (Å²) < 4.78 is 0. The van der Waals surface area contributed by atoms with E-state index in [-0.39, 0.29) is 24.0 Å². The van der Waals surface area contributed by atoms with Gasteiger partial charge in [0.2, 0.25) is 0 Å². The fraction of sp³-hybridized carbons (Fsp3) is 0.480. The molecular weight excluding hydrogens is 499 g/mol.